The Bertz CT molecular complexity index is 1190. The van der Waals surface area contributed by atoms with Crippen LogP contribution in [0.3, 0.4) is 0 Å². The Labute approximate surface area is 176 Å². The fraction of sp³-hybridized carbons (Fsp3) is 0.111. The molecule has 3 aromatic rings. The molecule has 0 N–H and O–H groups in total. The summed E-state index contributed by atoms with van der Waals surface area (Å²) in [5.41, 5.74) is 9.44. The van der Waals surface area contributed by atoms with Gasteiger partial charge in [0.2, 0.25) is 0 Å². The van der Waals surface area contributed by atoms with Gasteiger partial charge in [-0.3, -0.25) is 0 Å². The van der Waals surface area contributed by atoms with Gasteiger partial charge in [0.15, 0.2) is 0 Å². The quantitative estimate of drug-likeness (QED) is 0.340. The highest BCUT2D eigenvalue weighted by Gasteiger charge is 2.31. The molecule has 0 bridgehead atoms. The van der Waals surface area contributed by atoms with E-state index in [0.717, 1.165) is 6.42 Å². The van der Waals surface area contributed by atoms with Crippen molar-refractivity contribution in [1.29, 1.82) is 0 Å². The third-order valence-electron chi connectivity index (χ3n) is 6.06. The summed E-state index contributed by atoms with van der Waals surface area (Å²) >= 11 is 1.86. The van der Waals surface area contributed by atoms with Crippen molar-refractivity contribution in [1.82, 2.24) is 0 Å². The van der Waals surface area contributed by atoms with Gasteiger partial charge in [-0.25, -0.2) is 0 Å². The number of anilines is 3. The maximum absolute atomic E-state index is 2.45. The molecule has 6 rings (SSSR count). The Morgan fingerprint density at radius 1 is 0.828 bits per heavy atom. The summed E-state index contributed by atoms with van der Waals surface area (Å²) in [5, 5.41) is 0. The highest BCUT2D eigenvalue weighted by Crippen LogP contribution is 2.54. The van der Waals surface area contributed by atoms with Gasteiger partial charge in [-0.2, -0.15) is 0 Å². The maximum atomic E-state index is 2.45. The van der Waals surface area contributed by atoms with Crippen LogP contribution in [0.1, 0.15) is 30.4 Å². The average molecular weight is 392 g/mol. The zero-order valence-electron chi connectivity index (χ0n) is 16.3. The summed E-state index contributed by atoms with van der Waals surface area (Å²) in [4.78, 5) is 5.06. The monoisotopic (exact) mass is 391 g/mol. The van der Waals surface area contributed by atoms with Gasteiger partial charge < -0.3 is 4.90 Å². The number of nitrogens with zero attached hydrogens (tertiary/aromatic N) is 1. The summed E-state index contributed by atoms with van der Waals surface area (Å²) < 4.78 is 0. The molecule has 140 valence electrons. The lowest BCUT2D eigenvalue weighted by Crippen LogP contribution is -2.16. The molecule has 29 heavy (non-hydrogen) atoms. The molecule has 1 aliphatic heterocycles. The third-order valence-corrected chi connectivity index (χ3v) is 7.19. The van der Waals surface area contributed by atoms with Crippen LogP contribution in [0.5, 0.6) is 0 Å². The lowest BCUT2D eigenvalue weighted by molar-refractivity contribution is 0.976. The fourth-order valence-electron chi connectivity index (χ4n) is 4.83. The summed E-state index contributed by atoms with van der Waals surface area (Å²) in [7, 11) is 0. The maximum Gasteiger partial charge on any atom is 0.0601 e. The first-order chi connectivity index (χ1) is 14.3. The minimum atomic E-state index is 0.383. The topological polar surface area (TPSA) is 3.24 Å². The number of allylic oxidation sites excluding steroid dienone is 5. The summed E-state index contributed by atoms with van der Waals surface area (Å²) in [6.07, 6.45) is 10.4. The van der Waals surface area contributed by atoms with Crippen LogP contribution in [0.2, 0.25) is 0 Å². The van der Waals surface area contributed by atoms with Crippen molar-refractivity contribution in [3.05, 3.63) is 107 Å². The number of fused-ring (bicyclic) bond motifs is 3. The van der Waals surface area contributed by atoms with E-state index in [9.17, 15) is 0 Å². The molecule has 0 aromatic heterocycles. The molecule has 1 unspecified atom stereocenters. The number of hydrogen-bond acceptors (Lipinski definition) is 2. The smallest absolute Gasteiger partial charge is 0.0601 e. The molecule has 2 heteroatoms. The second-order valence-electron chi connectivity index (χ2n) is 7.82. The molecule has 1 heterocycles. The molecule has 1 nitrogen and oxygen atoms in total. The molecule has 3 aliphatic rings. The lowest BCUT2D eigenvalue weighted by atomic mass is 9.89. The average Bonchev–Trinajstić information content (AvgIpc) is 3.38. The van der Waals surface area contributed by atoms with E-state index >= 15 is 0 Å². The molecule has 0 amide bonds. The van der Waals surface area contributed by atoms with E-state index in [4.69, 9.17) is 0 Å². The van der Waals surface area contributed by atoms with E-state index in [0.29, 0.717) is 5.92 Å². The lowest BCUT2D eigenvalue weighted by Gasteiger charge is -2.34. The zero-order valence-corrected chi connectivity index (χ0v) is 17.1. The van der Waals surface area contributed by atoms with Crippen LogP contribution in [0, 0.1) is 0 Å². The summed E-state index contributed by atoms with van der Waals surface area (Å²) in [5.74, 6) is 0.383. The molecule has 0 spiro atoms. The minimum Gasteiger partial charge on any atom is -0.308 e. The van der Waals surface area contributed by atoms with E-state index in [-0.39, 0.29) is 0 Å². The van der Waals surface area contributed by atoms with Gasteiger partial charge in [-0.1, -0.05) is 78.0 Å². The van der Waals surface area contributed by atoms with Crippen LogP contribution < -0.4 is 4.90 Å². The van der Waals surface area contributed by atoms with Crippen LogP contribution in [0.4, 0.5) is 17.1 Å². The van der Waals surface area contributed by atoms with Crippen LogP contribution in [-0.2, 0) is 0 Å². The van der Waals surface area contributed by atoms with Crippen molar-refractivity contribution in [2.24, 2.45) is 0 Å². The highest BCUT2D eigenvalue weighted by molar-refractivity contribution is 7.99. The first-order valence-electron chi connectivity index (χ1n) is 10.1. The predicted octanol–water partition coefficient (Wildman–Crippen LogP) is 8.01. The SMILES string of the molecule is CC1=Cc2c(cccc2N2c3ccccc3Sc3ccccc32)C1C1=CCC=C1. The van der Waals surface area contributed by atoms with Crippen LogP contribution >= 0.6 is 11.8 Å². The molecule has 3 aromatic carbocycles. The normalized spacial score (nSPS) is 18.8. The van der Waals surface area contributed by atoms with Crippen molar-refractivity contribution in [3.63, 3.8) is 0 Å². The Balaban J connectivity index is 1.58. The fourth-order valence-corrected chi connectivity index (χ4v) is 5.89. The number of benzene rings is 3. The minimum absolute atomic E-state index is 0.383. The molecule has 0 saturated heterocycles. The van der Waals surface area contributed by atoms with Crippen LogP contribution in [0.15, 0.2) is 106 Å². The Morgan fingerprint density at radius 3 is 2.21 bits per heavy atom. The van der Waals surface area contributed by atoms with Gasteiger partial charge in [-0.05, 0) is 54.8 Å². The molecule has 2 aliphatic carbocycles. The van der Waals surface area contributed by atoms with Gasteiger partial charge in [0.25, 0.3) is 0 Å². The first kappa shape index (κ1) is 16.9. The van der Waals surface area contributed by atoms with E-state index in [1.165, 1.54) is 49.1 Å². The second kappa shape index (κ2) is 6.53. The molecule has 0 radical (unpaired) electrons. The number of para-hydroxylation sites is 2. The van der Waals surface area contributed by atoms with Gasteiger partial charge in [-0.15, -0.1) is 0 Å². The first-order valence-corrected chi connectivity index (χ1v) is 11.0. The van der Waals surface area contributed by atoms with E-state index in [1.54, 1.807) is 0 Å². The molecule has 0 saturated carbocycles. The number of hydrogen-bond donors (Lipinski definition) is 0. The Kier molecular flexibility index (Phi) is 3.82. The van der Waals surface area contributed by atoms with Gasteiger partial charge in [0.05, 0.1) is 17.1 Å². The van der Waals surface area contributed by atoms with Gasteiger partial charge in [0.1, 0.15) is 0 Å². The Hall–Kier alpha value is -2.97. The van der Waals surface area contributed by atoms with Gasteiger partial charge >= 0.3 is 0 Å². The molecular weight excluding hydrogens is 370 g/mol. The summed E-state index contributed by atoms with van der Waals surface area (Å²) in [6, 6.07) is 24.3. The van der Waals surface area contributed by atoms with Crippen molar-refractivity contribution < 1.29 is 0 Å². The van der Waals surface area contributed by atoms with Crippen LogP contribution in [0.25, 0.3) is 6.08 Å². The van der Waals surface area contributed by atoms with E-state index in [1.807, 2.05) is 11.8 Å². The van der Waals surface area contributed by atoms with Gasteiger partial charge in [0, 0.05) is 21.3 Å². The third kappa shape index (κ3) is 2.56. The molecule has 1 atom stereocenters. The standard InChI is InChI=1S/C27H21NS/c1-18-17-21-20(27(18)19-9-2-3-10-19)11-8-14-22(21)28-23-12-4-6-15-25(23)29-26-16-7-5-13-24(26)28/h2,4-17,27H,3H2,1H3. The molecular formula is C27H21NS. The van der Waals surface area contributed by atoms with Crippen LogP contribution in [-0.4, -0.2) is 0 Å². The van der Waals surface area contributed by atoms with E-state index in [2.05, 4.69) is 103 Å². The zero-order chi connectivity index (χ0) is 19.4. The van der Waals surface area contributed by atoms with Crippen molar-refractivity contribution >= 4 is 34.9 Å². The second-order valence-corrected chi connectivity index (χ2v) is 8.90. The van der Waals surface area contributed by atoms with E-state index < -0.39 is 0 Å². The highest BCUT2D eigenvalue weighted by atomic mass is 32.2. The molecule has 0 fully saturated rings. The number of rotatable bonds is 2. The van der Waals surface area contributed by atoms with Crippen molar-refractivity contribution in [3.8, 4) is 0 Å². The largest absolute Gasteiger partial charge is 0.308 e. The predicted molar refractivity (Wildman–Crippen MR) is 123 cm³/mol. The Morgan fingerprint density at radius 2 is 1.52 bits per heavy atom. The van der Waals surface area contributed by atoms with Crippen molar-refractivity contribution in [2.75, 3.05) is 4.90 Å². The summed E-state index contributed by atoms with van der Waals surface area (Å²) in [6.45, 7) is 2.27. The van der Waals surface area contributed by atoms with Crippen molar-refractivity contribution in [2.45, 2.75) is 29.1 Å².